The Morgan fingerprint density at radius 3 is 2.57 bits per heavy atom. The average Bonchev–Trinajstić information content (AvgIpc) is 2.99. The number of nitrogens with one attached hydrogen (secondary N) is 1. The third-order valence-electron chi connectivity index (χ3n) is 3.43. The summed E-state index contributed by atoms with van der Waals surface area (Å²) in [6, 6.07) is 18.6. The monoisotopic (exact) mass is 341 g/mol. The molecule has 0 bridgehead atoms. The Kier molecular flexibility index (Phi) is 4.18. The minimum Gasteiger partial charge on any atom is -0.309 e. The van der Waals surface area contributed by atoms with Gasteiger partial charge < -0.3 is 5.32 Å². The number of para-hydroxylation sites is 1. The SMILES string of the molecule is CNC(c1cccc(Br)c1)c1cnn(-c2ccccc2)c1. The van der Waals surface area contributed by atoms with Crippen molar-refractivity contribution >= 4 is 15.9 Å². The minimum atomic E-state index is 0.125. The molecule has 0 aliphatic rings. The average molecular weight is 342 g/mol. The maximum Gasteiger partial charge on any atom is 0.0645 e. The second-order valence-corrected chi connectivity index (χ2v) is 5.75. The summed E-state index contributed by atoms with van der Waals surface area (Å²) in [5.74, 6) is 0. The number of hydrogen-bond donors (Lipinski definition) is 1. The van der Waals surface area contributed by atoms with Crippen molar-refractivity contribution in [2.24, 2.45) is 0 Å². The highest BCUT2D eigenvalue weighted by molar-refractivity contribution is 9.10. The molecule has 0 radical (unpaired) electrons. The fourth-order valence-corrected chi connectivity index (χ4v) is 2.84. The van der Waals surface area contributed by atoms with E-state index < -0.39 is 0 Å². The van der Waals surface area contributed by atoms with Gasteiger partial charge in [0.2, 0.25) is 0 Å². The fraction of sp³-hybridized carbons (Fsp3) is 0.118. The third kappa shape index (κ3) is 3.06. The van der Waals surface area contributed by atoms with Crippen LogP contribution in [-0.2, 0) is 0 Å². The summed E-state index contributed by atoms with van der Waals surface area (Å²) in [6.07, 6.45) is 3.98. The van der Waals surface area contributed by atoms with Gasteiger partial charge in [0.1, 0.15) is 0 Å². The van der Waals surface area contributed by atoms with Crippen LogP contribution in [0.25, 0.3) is 5.69 Å². The van der Waals surface area contributed by atoms with Gasteiger partial charge in [-0.3, -0.25) is 0 Å². The standard InChI is InChI=1S/C17H16BrN3/c1-19-17(13-6-5-7-15(18)10-13)14-11-20-21(12-14)16-8-3-2-4-9-16/h2-12,17,19H,1H3. The van der Waals surface area contributed by atoms with Crippen molar-refractivity contribution in [2.75, 3.05) is 7.05 Å². The molecule has 1 atom stereocenters. The van der Waals surface area contributed by atoms with Crippen molar-refractivity contribution in [3.05, 3.63) is 82.6 Å². The molecule has 21 heavy (non-hydrogen) atoms. The van der Waals surface area contributed by atoms with Gasteiger partial charge in [0.05, 0.1) is 17.9 Å². The largest absolute Gasteiger partial charge is 0.309 e. The van der Waals surface area contributed by atoms with E-state index in [9.17, 15) is 0 Å². The maximum atomic E-state index is 4.47. The molecular weight excluding hydrogens is 326 g/mol. The second-order valence-electron chi connectivity index (χ2n) is 4.83. The molecule has 0 saturated carbocycles. The lowest BCUT2D eigenvalue weighted by molar-refractivity contribution is 0.691. The van der Waals surface area contributed by atoms with Gasteiger partial charge in [-0.25, -0.2) is 4.68 Å². The highest BCUT2D eigenvalue weighted by Crippen LogP contribution is 2.24. The molecule has 1 N–H and O–H groups in total. The lowest BCUT2D eigenvalue weighted by atomic mass is 10.0. The van der Waals surface area contributed by atoms with Crippen LogP contribution in [0.3, 0.4) is 0 Å². The van der Waals surface area contributed by atoms with E-state index in [0.717, 1.165) is 15.7 Å². The molecule has 1 heterocycles. The molecule has 0 aliphatic carbocycles. The molecule has 2 aromatic carbocycles. The number of rotatable bonds is 4. The number of hydrogen-bond acceptors (Lipinski definition) is 2. The molecule has 3 aromatic rings. The maximum absolute atomic E-state index is 4.47. The Morgan fingerprint density at radius 1 is 1.05 bits per heavy atom. The Bertz CT molecular complexity index is 722. The molecule has 0 spiro atoms. The number of nitrogens with zero attached hydrogens (tertiary/aromatic N) is 2. The summed E-state index contributed by atoms with van der Waals surface area (Å²) < 4.78 is 2.98. The molecule has 3 rings (SSSR count). The van der Waals surface area contributed by atoms with E-state index in [0.29, 0.717) is 0 Å². The van der Waals surface area contributed by atoms with E-state index in [1.807, 2.05) is 60.4 Å². The van der Waals surface area contributed by atoms with E-state index in [-0.39, 0.29) is 6.04 Å². The van der Waals surface area contributed by atoms with Crippen LogP contribution in [-0.4, -0.2) is 16.8 Å². The molecule has 0 saturated heterocycles. The van der Waals surface area contributed by atoms with Crippen LogP contribution in [0.4, 0.5) is 0 Å². The van der Waals surface area contributed by atoms with Crippen molar-refractivity contribution in [3.8, 4) is 5.69 Å². The Morgan fingerprint density at radius 2 is 1.86 bits per heavy atom. The van der Waals surface area contributed by atoms with Gasteiger partial charge in [-0.05, 0) is 36.9 Å². The molecule has 0 amide bonds. The highest BCUT2D eigenvalue weighted by atomic mass is 79.9. The zero-order valence-corrected chi connectivity index (χ0v) is 13.3. The van der Waals surface area contributed by atoms with Crippen LogP contribution < -0.4 is 5.32 Å². The van der Waals surface area contributed by atoms with Crippen molar-refractivity contribution < 1.29 is 0 Å². The van der Waals surface area contributed by atoms with E-state index in [2.05, 4.69) is 44.7 Å². The van der Waals surface area contributed by atoms with E-state index in [4.69, 9.17) is 0 Å². The van der Waals surface area contributed by atoms with Gasteiger partial charge >= 0.3 is 0 Å². The Labute approximate surface area is 132 Å². The zero-order chi connectivity index (χ0) is 14.7. The Hall–Kier alpha value is -1.91. The van der Waals surface area contributed by atoms with Crippen LogP contribution in [0.2, 0.25) is 0 Å². The lowest BCUT2D eigenvalue weighted by Gasteiger charge is -2.15. The Balaban J connectivity index is 1.94. The van der Waals surface area contributed by atoms with Gasteiger partial charge in [-0.1, -0.05) is 46.3 Å². The summed E-state index contributed by atoms with van der Waals surface area (Å²) >= 11 is 3.53. The summed E-state index contributed by atoms with van der Waals surface area (Å²) in [5, 5.41) is 7.82. The molecule has 0 aliphatic heterocycles. The van der Waals surface area contributed by atoms with Crippen molar-refractivity contribution in [3.63, 3.8) is 0 Å². The van der Waals surface area contributed by atoms with Gasteiger partial charge in [0, 0.05) is 16.2 Å². The molecule has 1 aromatic heterocycles. The quantitative estimate of drug-likeness (QED) is 0.778. The van der Waals surface area contributed by atoms with Crippen LogP contribution in [0.5, 0.6) is 0 Å². The first-order valence-corrected chi connectivity index (χ1v) is 7.60. The first-order valence-electron chi connectivity index (χ1n) is 6.80. The normalized spacial score (nSPS) is 12.3. The zero-order valence-electron chi connectivity index (χ0n) is 11.7. The predicted octanol–water partition coefficient (Wildman–Crippen LogP) is 3.94. The topological polar surface area (TPSA) is 29.9 Å². The van der Waals surface area contributed by atoms with E-state index in [1.54, 1.807) is 0 Å². The first-order chi connectivity index (χ1) is 10.3. The molecule has 0 fully saturated rings. The van der Waals surface area contributed by atoms with Crippen LogP contribution in [0.1, 0.15) is 17.2 Å². The second kappa shape index (κ2) is 6.24. The molecule has 106 valence electrons. The van der Waals surface area contributed by atoms with Crippen molar-refractivity contribution in [2.45, 2.75) is 6.04 Å². The highest BCUT2D eigenvalue weighted by Gasteiger charge is 2.14. The predicted molar refractivity (Wildman–Crippen MR) is 88.6 cm³/mol. The summed E-state index contributed by atoms with van der Waals surface area (Å²) in [5.41, 5.74) is 3.41. The summed E-state index contributed by atoms with van der Waals surface area (Å²) in [4.78, 5) is 0. The van der Waals surface area contributed by atoms with Crippen LogP contribution in [0, 0.1) is 0 Å². The third-order valence-corrected chi connectivity index (χ3v) is 3.92. The van der Waals surface area contributed by atoms with Gasteiger partial charge in [-0.2, -0.15) is 5.10 Å². The van der Waals surface area contributed by atoms with Gasteiger partial charge in [0.25, 0.3) is 0 Å². The van der Waals surface area contributed by atoms with Crippen LogP contribution in [0.15, 0.2) is 71.5 Å². The number of benzene rings is 2. The fourth-order valence-electron chi connectivity index (χ4n) is 2.42. The molecule has 1 unspecified atom stereocenters. The van der Waals surface area contributed by atoms with Crippen molar-refractivity contribution in [1.82, 2.24) is 15.1 Å². The molecular formula is C17H16BrN3. The summed E-state index contributed by atoms with van der Waals surface area (Å²) in [7, 11) is 1.96. The summed E-state index contributed by atoms with van der Waals surface area (Å²) in [6.45, 7) is 0. The number of halogens is 1. The first kappa shape index (κ1) is 14.0. The smallest absolute Gasteiger partial charge is 0.0645 e. The lowest BCUT2D eigenvalue weighted by Crippen LogP contribution is -2.17. The van der Waals surface area contributed by atoms with Crippen molar-refractivity contribution in [1.29, 1.82) is 0 Å². The van der Waals surface area contributed by atoms with E-state index in [1.165, 1.54) is 5.56 Å². The minimum absolute atomic E-state index is 0.125. The van der Waals surface area contributed by atoms with E-state index >= 15 is 0 Å². The van der Waals surface area contributed by atoms with Gasteiger partial charge in [-0.15, -0.1) is 0 Å². The van der Waals surface area contributed by atoms with Gasteiger partial charge in [0.15, 0.2) is 0 Å². The number of aromatic nitrogens is 2. The molecule has 4 heteroatoms. The molecule has 3 nitrogen and oxygen atoms in total. The van der Waals surface area contributed by atoms with Crippen LogP contribution >= 0.6 is 15.9 Å².